The molecule has 0 fully saturated rings. The van der Waals surface area contributed by atoms with Crippen LogP contribution in [0.5, 0.6) is 0 Å². The molecule has 0 aliphatic rings. The van der Waals surface area contributed by atoms with E-state index in [2.05, 4.69) is 58.2 Å². The first-order chi connectivity index (χ1) is 7.93. The second-order valence-corrected chi connectivity index (χ2v) is 3.90. The highest BCUT2D eigenvalue weighted by Gasteiger charge is 2.09. The van der Waals surface area contributed by atoms with Crippen LogP contribution in [0.25, 0.3) is 5.65 Å². The van der Waals surface area contributed by atoms with E-state index in [1.807, 2.05) is 12.1 Å². The van der Waals surface area contributed by atoms with Crippen LogP contribution in [0.1, 0.15) is 11.3 Å². The van der Waals surface area contributed by atoms with E-state index in [1.165, 1.54) is 11.3 Å². The lowest BCUT2D eigenvalue weighted by molar-refractivity contribution is -0.519. The van der Waals surface area contributed by atoms with Crippen molar-refractivity contribution in [3.05, 3.63) is 72.2 Å². The first-order valence-electron chi connectivity index (χ1n) is 5.44. The number of fused-ring (bicyclic) bond motifs is 1. The quantitative estimate of drug-likeness (QED) is 0.625. The Morgan fingerprint density at radius 2 is 1.75 bits per heavy atom. The molecule has 16 heavy (non-hydrogen) atoms. The van der Waals surface area contributed by atoms with Gasteiger partial charge in [0.25, 0.3) is 5.65 Å². The number of hydrogen-bond donors (Lipinski definition) is 1. The molecule has 0 saturated heterocycles. The van der Waals surface area contributed by atoms with Crippen molar-refractivity contribution < 1.29 is 4.40 Å². The zero-order chi connectivity index (χ0) is 10.8. The molecule has 0 spiro atoms. The van der Waals surface area contributed by atoms with E-state index in [1.54, 1.807) is 0 Å². The smallest absolute Gasteiger partial charge is 0.243 e. The second-order valence-electron chi connectivity index (χ2n) is 3.90. The lowest BCUT2D eigenvalue weighted by Gasteiger charge is -1.96. The fourth-order valence-corrected chi connectivity index (χ4v) is 1.98. The summed E-state index contributed by atoms with van der Waals surface area (Å²) < 4.78 is 2.19. The highest BCUT2D eigenvalue weighted by Crippen LogP contribution is 2.06. The topological polar surface area (TPSA) is 19.9 Å². The van der Waals surface area contributed by atoms with Crippen LogP contribution in [0.15, 0.2) is 60.9 Å². The number of nitrogens with zero attached hydrogens (tertiary/aromatic N) is 1. The number of imidazole rings is 1. The fraction of sp³-hybridized carbons (Fsp3) is 0.0714. The van der Waals surface area contributed by atoms with Crippen LogP contribution >= 0.6 is 0 Å². The minimum Gasteiger partial charge on any atom is -0.243 e. The molecule has 0 saturated carbocycles. The summed E-state index contributed by atoms with van der Waals surface area (Å²) in [6.07, 6.45) is 5.11. The van der Waals surface area contributed by atoms with Gasteiger partial charge in [0.05, 0.1) is 6.20 Å². The van der Waals surface area contributed by atoms with Crippen molar-refractivity contribution in [3.8, 4) is 0 Å². The van der Waals surface area contributed by atoms with Gasteiger partial charge in [0.1, 0.15) is 6.20 Å². The molecule has 3 rings (SSSR count). The fourth-order valence-electron chi connectivity index (χ4n) is 1.98. The number of H-pyrrole nitrogens is 1. The van der Waals surface area contributed by atoms with Gasteiger partial charge < -0.3 is 0 Å². The van der Waals surface area contributed by atoms with Gasteiger partial charge in [0.2, 0.25) is 0 Å². The number of hydrogen-bond acceptors (Lipinski definition) is 0. The Morgan fingerprint density at radius 3 is 2.62 bits per heavy atom. The van der Waals surface area contributed by atoms with E-state index < -0.39 is 0 Å². The van der Waals surface area contributed by atoms with Gasteiger partial charge >= 0.3 is 0 Å². The maximum Gasteiger partial charge on any atom is 0.284 e. The highest BCUT2D eigenvalue weighted by molar-refractivity contribution is 5.30. The second kappa shape index (κ2) is 3.81. The van der Waals surface area contributed by atoms with E-state index in [9.17, 15) is 0 Å². The number of aromatic amines is 1. The van der Waals surface area contributed by atoms with E-state index in [0.29, 0.717) is 0 Å². The lowest BCUT2D eigenvalue weighted by Crippen LogP contribution is -2.23. The number of nitrogens with one attached hydrogen (secondary N) is 1. The molecule has 0 unspecified atom stereocenters. The first kappa shape index (κ1) is 9.16. The van der Waals surface area contributed by atoms with Crippen LogP contribution in [0, 0.1) is 0 Å². The molecule has 0 radical (unpaired) electrons. The molecule has 0 aliphatic carbocycles. The third-order valence-electron chi connectivity index (χ3n) is 2.78. The maximum atomic E-state index is 3.27. The summed E-state index contributed by atoms with van der Waals surface area (Å²) in [5, 5.41) is 0. The third-order valence-corrected chi connectivity index (χ3v) is 2.78. The van der Waals surface area contributed by atoms with Gasteiger partial charge in [-0.3, -0.25) is 0 Å². The predicted octanol–water partition coefficient (Wildman–Crippen LogP) is 2.34. The Morgan fingerprint density at radius 1 is 0.938 bits per heavy atom. The van der Waals surface area contributed by atoms with Crippen LogP contribution in [0.4, 0.5) is 0 Å². The van der Waals surface area contributed by atoms with Gasteiger partial charge in [-0.05, 0) is 11.6 Å². The van der Waals surface area contributed by atoms with Crippen LogP contribution in [-0.2, 0) is 6.42 Å². The molecule has 78 valence electrons. The number of pyridine rings is 1. The van der Waals surface area contributed by atoms with Gasteiger partial charge in [0, 0.05) is 12.5 Å². The SMILES string of the molecule is c1ccc(Cc2c[nH]c3cccc[n+]23)cc1. The van der Waals surface area contributed by atoms with Gasteiger partial charge in [-0.25, -0.2) is 4.98 Å². The Labute approximate surface area is 94.2 Å². The average Bonchev–Trinajstić information content (AvgIpc) is 2.74. The molecular weight excluding hydrogens is 196 g/mol. The first-order valence-corrected chi connectivity index (χ1v) is 5.44. The molecule has 0 bridgehead atoms. The molecule has 1 N–H and O–H groups in total. The lowest BCUT2D eigenvalue weighted by atomic mass is 10.1. The highest BCUT2D eigenvalue weighted by atomic mass is 15.0. The Balaban J connectivity index is 2.01. The number of rotatable bonds is 2. The third kappa shape index (κ3) is 1.58. The summed E-state index contributed by atoms with van der Waals surface area (Å²) in [6.45, 7) is 0. The summed E-state index contributed by atoms with van der Waals surface area (Å²) in [4.78, 5) is 3.27. The molecule has 0 amide bonds. The van der Waals surface area contributed by atoms with Crippen molar-refractivity contribution >= 4 is 5.65 Å². The Bertz CT molecular complexity index is 596. The Kier molecular flexibility index (Phi) is 2.18. The summed E-state index contributed by atoms with van der Waals surface area (Å²) in [6, 6.07) is 16.7. The average molecular weight is 209 g/mol. The van der Waals surface area contributed by atoms with Gasteiger partial charge in [-0.15, -0.1) is 0 Å². The molecule has 2 heterocycles. The van der Waals surface area contributed by atoms with Crippen molar-refractivity contribution in [1.82, 2.24) is 4.98 Å². The monoisotopic (exact) mass is 209 g/mol. The van der Waals surface area contributed by atoms with Gasteiger partial charge in [-0.1, -0.05) is 36.4 Å². The van der Waals surface area contributed by atoms with E-state index in [4.69, 9.17) is 0 Å². The van der Waals surface area contributed by atoms with Gasteiger partial charge in [-0.2, -0.15) is 4.40 Å². The van der Waals surface area contributed by atoms with E-state index >= 15 is 0 Å². The van der Waals surface area contributed by atoms with Crippen LogP contribution in [0.3, 0.4) is 0 Å². The van der Waals surface area contributed by atoms with Crippen LogP contribution < -0.4 is 4.40 Å². The minimum atomic E-state index is 0.954. The zero-order valence-corrected chi connectivity index (χ0v) is 8.93. The van der Waals surface area contributed by atoms with Crippen molar-refractivity contribution in [2.24, 2.45) is 0 Å². The predicted molar refractivity (Wildman–Crippen MR) is 63.2 cm³/mol. The normalized spacial score (nSPS) is 10.8. The summed E-state index contributed by atoms with van der Waals surface area (Å²) in [5.74, 6) is 0. The largest absolute Gasteiger partial charge is 0.284 e. The molecule has 3 aromatic rings. The molecule has 0 atom stereocenters. The van der Waals surface area contributed by atoms with Crippen molar-refractivity contribution in [2.75, 3.05) is 0 Å². The Hall–Kier alpha value is -2.09. The van der Waals surface area contributed by atoms with Gasteiger partial charge in [0.15, 0.2) is 5.69 Å². The molecule has 2 heteroatoms. The van der Waals surface area contributed by atoms with Crippen LogP contribution in [-0.4, -0.2) is 4.98 Å². The zero-order valence-electron chi connectivity index (χ0n) is 8.93. The number of aromatic nitrogens is 2. The van der Waals surface area contributed by atoms with Crippen LogP contribution in [0.2, 0.25) is 0 Å². The molecule has 2 nitrogen and oxygen atoms in total. The summed E-state index contributed by atoms with van der Waals surface area (Å²) >= 11 is 0. The molecule has 2 aromatic heterocycles. The minimum absolute atomic E-state index is 0.954. The summed E-state index contributed by atoms with van der Waals surface area (Å²) in [5.41, 5.74) is 3.75. The molecule has 0 aliphatic heterocycles. The summed E-state index contributed by atoms with van der Waals surface area (Å²) in [7, 11) is 0. The van der Waals surface area contributed by atoms with Crippen molar-refractivity contribution in [2.45, 2.75) is 6.42 Å². The molecule has 1 aromatic carbocycles. The number of benzene rings is 1. The molecular formula is C14H13N2+. The maximum absolute atomic E-state index is 3.27. The standard InChI is InChI=1S/C14H12N2/c1-2-6-12(7-3-1)10-13-11-15-14-8-4-5-9-16(13)14/h1-9,11H,10H2/p+1. The van der Waals surface area contributed by atoms with Crippen molar-refractivity contribution in [1.29, 1.82) is 0 Å². The van der Waals surface area contributed by atoms with E-state index in [-0.39, 0.29) is 0 Å². The van der Waals surface area contributed by atoms with Crippen molar-refractivity contribution in [3.63, 3.8) is 0 Å². The van der Waals surface area contributed by atoms with E-state index in [0.717, 1.165) is 12.1 Å².